The lowest BCUT2D eigenvalue weighted by Gasteiger charge is -2.25. The number of ether oxygens (including phenoxy) is 1. The number of carbonyl (C=O) groups is 1. The van der Waals surface area contributed by atoms with Crippen LogP contribution in [0.3, 0.4) is 0 Å². The van der Waals surface area contributed by atoms with Crippen molar-refractivity contribution in [2.45, 2.75) is 34.5 Å². The monoisotopic (exact) mass is 499 g/mol. The molecule has 4 rings (SSSR count). The molecule has 9 nitrogen and oxygen atoms in total. The van der Waals surface area contributed by atoms with Crippen molar-refractivity contribution < 1.29 is 26.4 Å². The number of amides is 1. The molecule has 1 atom stereocenters. The molecule has 2 fully saturated rings. The van der Waals surface area contributed by atoms with Gasteiger partial charge in [-0.1, -0.05) is 18.2 Å². The van der Waals surface area contributed by atoms with Crippen LogP contribution in [0.4, 0.5) is 0 Å². The molecule has 12 heteroatoms. The number of carbonyl (C=O) groups excluding carboxylic acids is 1. The fraction of sp³-hybridized carbons (Fsp3) is 0.450. The Morgan fingerprint density at radius 3 is 2.44 bits per heavy atom. The molecule has 1 aromatic carbocycles. The number of thiophene rings is 1. The molecule has 2 aliphatic rings. The molecule has 1 unspecified atom stereocenters. The minimum Gasteiger partial charge on any atom is -0.379 e. The van der Waals surface area contributed by atoms with E-state index >= 15 is 0 Å². The molecule has 174 valence electrons. The average Bonchev–Trinajstić information content (AvgIpc) is 3.49. The van der Waals surface area contributed by atoms with Crippen LogP contribution in [0.5, 0.6) is 0 Å². The molecule has 0 aliphatic carbocycles. The molecule has 2 saturated heterocycles. The SMILES string of the molecule is O=C(NCc1ccc(S(=O)(=O)N2CCOCC2)s1)C1CCCN1S(=O)(=O)c1ccccc1. The van der Waals surface area contributed by atoms with Crippen LogP contribution in [0.2, 0.25) is 0 Å². The Hall–Kier alpha value is -1.83. The molecule has 2 aliphatic heterocycles. The first-order valence-electron chi connectivity index (χ1n) is 10.3. The maximum atomic E-state index is 13.0. The maximum absolute atomic E-state index is 13.0. The van der Waals surface area contributed by atoms with Gasteiger partial charge in [-0.25, -0.2) is 16.8 Å². The molecule has 2 aromatic rings. The third-order valence-electron chi connectivity index (χ3n) is 5.49. The predicted molar refractivity (Wildman–Crippen MR) is 119 cm³/mol. The van der Waals surface area contributed by atoms with Gasteiger partial charge in [0.25, 0.3) is 10.0 Å². The lowest BCUT2D eigenvalue weighted by Crippen LogP contribution is -2.45. The zero-order valence-electron chi connectivity index (χ0n) is 17.3. The van der Waals surface area contributed by atoms with Crippen LogP contribution in [-0.2, 0) is 36.1 Å². The van der Waals surface area contributed by atoms with E-state index in [0.29, 0.717) is 44.0 Å². The topological polar surface area (TPSA) is 113 Å². The minimum atomic E-state index is -3.76. The molecule has 0 radical (unpaired) electrons. The Balaban J connectivity index is 1.41. The lowest BCUT2D eigenvalue weighted by atomic mass is 10.2. The van der Waals surface area contributed by atoms with Gasteiger partial charge in [-0.3, -0.25) is 4.79 Å². The summed E-state index contributed by atoms with van der Waals surface area (Å²) >= 11 is 1.10. The molecule has 1 amide bonds. The molecule has 32 heavy (non-hydrogen) atoms. The minimum absolute atomic E-state index is 0.137. The Bertz CT molecular complexity index is 1160. The average molecular weight is 500 g/mol. The van der Waals surface area contributed by atoms with E-state index in [4.69, 9.17) is 4.74 Å². The van der Waals surface area contributed by atoms with Gasteiger partial charge < -0.3 is 10.1 Å². The highest BCUT2D eigenvalue weighted by molar-refractivity contribution is 7.91. The Morgan fingerprint density at radius 2 is 1.72 bits per heavy atom. The second-order valence-electron chi connectivity index (χ2n) is 7.54. The molecular weight excluding hydrogens is 474 g/mol. The summed E-state index contributed by atoms with van der Waals surface area (Å²) < 4.78 is 59.5. The van der Waals surface area contributed by atoms with E-state index in [1.54, 1.807) is 30.3 Å². The van der Waals surface area contributed by atoms with Gasteiger partial charge >= 0.3 is 0 Å². The van der Waals surface area contributed by atoms with Crippen molar-refractivity contribution in [1.29, 1.82) is 0 Å². The normalized spacial score (nSPS) is 20.9. The van der Waals surface area contributed by atoms with Crippen LogP contribution in [0, 0.1) is 0 Å². The van der Waals surface area contributed by atoms with Gasteiger partial charge in [-0.15, -0.1) is 11.3 Å². The van der Waals surface area contributed by atoms with E-state index in [1.165, 1.54) is 20.7 Å². The fourth-order valence-corrected chi connectivity index (χ4v) is 8.35. The number of hydrogen-bond acceptors (Lipinski definition) is 7. The summed E-state index contributed by atoms with van der Waals surface area (Å²) in [4.78, 5) is 13.6. The zero-order valence-corrected chi connectivity index (χ0v) is 19.8. The standard InChI is InChI=1S/C20H25N3O6S3/c24-20(18-7-4-10-23(18)31(25,26)17-5-2-1-3-6-17)21-15-16-8-9-19(30-16)32(27,28)22-11-13-29-14-12-22/h1-3,5-6,8-9,18H,4,7,10-15H2,(H,21,24). The predicted octanol–water partition coefficient (Wildman–Crippen LogP) is 1.24. The van der Waals surface area contributed by atoms with Crippen molar-refractivity contribution in [2.24, 2.45) is 0 Å². The van der Waals surface area contributed by atoms with E-state index in [9.17, 15) is 21.6 Å². The summed E-state index contributed by atoms with van der Waals surface area (Å²) in [6.07, 6.45) is 1.05. The molecule has 0 bridgehead atoms. The first kappa shape index (κ1) is 23.3. The van der Waals surface area contributed by atoms with Crippen LogP contribution < -0.4 is 5.32 Å². The molecule has 3 heterocycles. The highest BCUT2D eigenvalue weighted by Gasteiger charge is 2.39. The van der Waals surface area contributed by atoms with Crippen LogP contribution in [0.25, 0.3) is 0 Å². The smallest absolute Gasteiger partial charge is 0.252 e. The molecule has 0 saturated carbocycles. The van der Waals surface area contributed by atoms with Crippen LogP contribution in [0.1, 0.15) is 17.7 Å². The van der Waals surface area contributed by atoms with Crippen LogP contribution in [0.15, 0.2) is 51.6 Å². The van der Waals surface area contributed by atoms with E-state index < -0.39 is 26.1 Å². The van der Waals surface area contributed by atoms with Gasteiger partial charge in [0.2, 0.25) is 15.9 Å². The quantitative estimate of drug-likeness (QED) is 0.613. The van der Waals surface area contributed by atoms with Gasteiger partial charge in [-0.05, 0) is 37.1 Å². The molecule has 0 spiro atoms. The second-order valence-corrected chi connectivity index (χ2v) is 12.8. The van der Waals surface area contributed by atoms with E-state index in [2.05, 4.69) is 5.32 Å². The van der Waals surface area contributed by atoms with E-state index in [1.807, 2.05) is 0 Å². The van der Waals surface area contributed by atoms with Crippen molar-refractivity contribution in [2.75, 3.05) is 32.8 Å². The Kier molecular flexibility index (Phi) is 6.98. The van der Waals surface area contributed by atoms with E-state index in [0.717, 1.165) is 11.3 Å². The summed E-state index contributed by atoms with van der Waals surface area (Å²) in [5, 5.41) is 2.78. The van der Waals surface area contributed by atoms with Gasteiger partial charge in [0.05, 0.1) is 24.7 Å². The van der Waals surface area contributed by atoms with Crippen molar-refractivity contribution in [1.82, 2.24) is 13.9 Å². The van der Waals surface area contributed by atoms with E-state index in [-0.39, 0.29) is 28.1 Å². The summed E-state index contributed by atoms with van der Waals surface area (Å²) in [7, 11) is -7.35. The Morgan fingerprint density at radius 1 is 1.00 bits per heavy atom. The van der Waals surface area contributed by atoms with Crippen molar-refractivity contribution in [3.63, 3.8) is 0 Å². The number of benzene rings is 1. The number of nitrogens with zero attached hydrogens (tertiary/aromatic N) is 2. The first-order valence-corrected chi connectivity index (χ1v) is 14.0. The number of sulfonamides is 2. The largest absolute Gasteiger partial charge is 0.379 e. The van der Waals surface area contributed by atoms with Crippen LogP contribution >= 0.6 is 11.3 Å². The summed E-state index contributed by atoms with van der Waals surface area (Å²) in [5.41, 5.74) is 0. The first-order chi connectivity index (χ1) is 15.3. The second kappa shape index (κ2) is 9.57. The number of hydrogen-bond donors (Lipinski definition) is 1. The van der Waals surface area contributed by atoms with Gasteiger partial charge in [-0.2, -0.15) is 8.61 Å². The lowest BCUT2D eigenvalue weighted by molar-refractivity contribution is -0.124. The van der Waals surface area contributed by atoms with Crippen molar-refractivity contribution in [3.8, 4) is 0 Å². The number of morpholine rings is 1. The summed E-state index contributed by atoms with van der Waals surface area (Å²) in [5.74, 6) is -0.381. The fourth-order valence-electron chi connectivity index (χ4n) is 3.82. The third-order valence-corrected chi connectivity index (χ3v) is 10.9. The van der Waals surface area contributed by atoms with Crippen LogP contribution in [-0.4, -0.2) is 70.2 Å². The summed E-state index contributed by atoms with van der Waals surface area (Å²) in [6, 6.07) is 10.5. The highest BCUT2D eigenvalue weighted by atomic mass is 32.2. The number of rotatable bonds is 7. The number of nitrogens with one attached hydrogen (secondary N) is 1. The van der Waals surface area contributed by atoms with Gasteiger partial charge in [0.1, 0.15) is 10.3 Å². The van der Waals surface area contributed by atoms with Gasteiger partial charge in [0, 0.05) is 24.5 Å². The van der Waals surface area contributed by atoms with Crippen molar-refractivity contribution >= 4 is 37.3 Å². The Labute approximate surface area is 192 Å². The molecule has 1 aromatic heterocycles. The van der Waals surface area contributed by atoms with Crippen molar-refractivity contribution in [3.05, 3.63) is 47.3 Å². The van der Waals surface area contributed by atoms with Gasteiger partial charge in [0.15, 0.2) is 0 Å². The molecule has 1 N–H and O–H groups in total. The highest BCUT2D eigenvalue weighted by Crippen LogP contribution is 2.28. The summed E-state index contributed by atoms with van der Waals surface area (Å²) in [6.45, 7) is 1.81. The third kappa shape index (κ3) is 4.75. The zero-order chi connectivity index (χ0) is 22.8. The maximum Gasteiger partial charge on any atom is 0.252 e. The molecular formula is C20H25N3O6S3.